The zero-order valence-electron chi connectivity index (χ0n) is 17.4. The summed E-state index contributed by atoms with van der Waals surface area (Å²) in [4.78, 5) is 14.7. The highest BCUT2D eigenvalue weighted by molar-refractivity contribution is 7.89. The first kappa shape index (κ1) is 20.6. The van der Waals surface area contributed by atoms with Gasteiger partial charge in [-0.15, -0.1) is 0 Å². The molecule has 2 heterocycles. The van der Waals surface area contributed by atoms with Crippen LogP contribution in [-0.2, 0) is 14.8 Å². The Morgan fingerprint density at radius 2 is 1.32 bits per heavy atom. The van der Waals surface area contributed by atoms with Crippen LogP contribution in [0.2, 0.25) is 0 Å². The SMILES string of the molecule is O=C(CCCS(=O)(=O)N1CCC2CCCCC2C1)N1CCC2CCCCC2C1. The fourth-order valence-corrected chi connectivity index (χ4v) is 7.91. The molecule has 1 amide bonds. The summed E-state index contributed by atoms with van der Waals surface area (Å²) in [6, 6.07) is 0. The number of sulfonamides is 1. The van der Waals surface area contributed by atoms with Gasteiger partial charge in [0.15, 0.2) is 0 Å². The molecular formula is C22H38N2O3S. The second kappa shape index (κ2) is 9.03. The Kier molecular flexibility index (Phi) is 6.66. The summed E-state index contributed by atoms with van der Waals surface area (Å²) in [5.41, 5.74) is 0. The van der Waals surface area contributed by atoms with Gasteiger partial charge >= 0.3 is 0 Å². The van der Waals surface area contributed by atoms with E-state index in [9.17, 15) is 13.2 Å². The molecule has 0 aromatic carbocycles. The van der Waals surface area contributed by atoms with Crippen LogP contribution in [0, 0.1) is 23.7 Å². The van der Waals surface area contributed by atoms with E-state index in [4.69, 9.17) is 0 Å². The molecule has 4 rings (SSSR count). The third kappa shape index (κ3) is 4.75. The third-order valence-corrected chi connectivity index (χ3v) is 10.0. The quantitative estimate of drug-likeness (QED) is 0.695. The predicted octanol–water partition coefficient (Wildman–Crippen LogP) is 3.65. The van der Waals surface area contributed by atoms with Gasteiger partial charge in [-0.05, 0) is 55.8 Å². The number of hydrogen-bond acceptors (Lipinski definition) is 3. The number of rotatable bonds is 5. The minimum Gasteiger partial charge on any atom is -0.342 e. The van der Waals surface area contributed by atoms with Gasteiger partial charge in [-0.2, -0.15) is 0 Å². The average molecular weight is 411 g/mol. The topological polar surface area (TPSA) is 57.7 Å². The third-order valence-electron chi connectivity index (χ3n) is 8.08. The zero-order chi connectivity index (χ0) is 19.6. The number of carbonyl (C=O) groups is 1. The Morgan fingerprint density at radius 3 is 2.00 bits per heavy atom. The molecule has 5 nitrogen and oxygen atoms in total. The van der Waals surface area contributed by atoms with E-state index in [2.05, 4.69) is 0 Å². The summed E-state index contributed by atoms with van der Waals surface area (Å²) in [7, 11) is -3.22. The number of carbonyl (C=O) groups excluding carboxylic acids is 1. The lowest BCUT2D eigenvalue weighted by molar-refractivity contribution is -0.134. The van der Waals surface area contributed by atoms with Crippen molar-refractivity contribution in [3.63, 3.8) is 0 Å². The highest BCUT2D eigenvalue weighted by Crippen LogP contribution is 2.37. The maximum absolute atomic E-state index is 12.8. The second-order valence-corrected chi connectivity index (χ2v) is 11.9. The van der Waals surface area contributed by atoms with Gasteiger partial charge in [-0.1, -0.05) is 38.5 Å². The molecule has 2 aliphatic carbocycles. The minimum absolute atomic E-state index is 0.135. The number of hydrogen-bond donors (Lipinski definition) is 0. The summed E-state index contributed by atoms with van der Waals surface area (Å²) < 4.78 is 27.3. The lowest BCUT2D eigenvalue weighted by Gasteiger charge is -2.41. The molecule has 2 saturated heterocycles. The van der Waals surface area contributed by atoms with Gasteiger partial charge in [-0.25, -0.2) is 12.7 Å². The summed E-state index contributed by atoms with van der Waals surface area (Å²) in [6.07, 6.45) is 13.3. The first-order chi connectivity index (χ1) is 13.5. The molecular weight excluding hydrogens is 372 g/mol. The van der Waals surface area contributed by atoms with E-state index in [1.807, 2.05) is 4.90 Å². The number of amides is 1. The number of piperidine rings is 2. The molecule has 0 N–H and O–H groups in total. The fraction of sp³-hybridized carbons (Fsp3) is 0.955. The van der Waals surface area contributed by atoms with Crippen molar-refractivity contribution in [3.8, 4) is 0 Å². The Morgan fingerprint density at radius 1 is 0.750 bits per heavy atom. The Balaban J connectivity index is 1.22. The molecule has 0 spiro atoms. The van der Waals surface area contributed by atoms with Crippen LogP contribution in [0.25, 0.3) is 0 Å². The van der Waals surface area contributed by atoms with Crippen LogP contribution in [-0.4, -0.2) is 55.5 Å². The summed E-state index contributed by atoms with van der Waals surface area (Å²) in [6.45, 7) is 3.19. The predicted molar refractivity (Wildman–Crippen MR) is 111 cm³/mol. The molecule has 0 bridgehead atoms. The van der Waals surface area contributed by atoms with E-state index < -0.39 is 10.0 Å². The van der Waals surface area contributed by atoms with Crippen LogP contribution >= 0.6 is 0 Å². The normalized spacial score (nSPS) is 34.5. The highest BCUT2D eigenvalue weighted by Gasteiger charge is 2.36. The van der Waals surface area contributed by atoms with Crippen LogP contribution in [0.5, 0.6) is 0 Å². The molecule has 2 saturated carbocycles. The smallest absolute Gasteiger partial charge is 0.222 e. The first-order valence-corrected chi connectivity index (χ1v) is 13.4. The van der Waals surface area contributed by atoms with Crippen molar-refractivity contribution in [2.45, 2.75) is 77.0 Å². The van der Waals surface area contributed by atoms with Crippen molar-refractivity contribution in [1.82, 2.24) is 9.21 Å². The van der Waals surface area contributed by atoms with E-state index in [0.29, 0.717) is 31.2 Å². The van der Waals surface area contributed by atoms with E-state index in [-0.39, 0.29) is 11.7 Å². The van der Waals surface area contributed by atoms with Crippen LogP contribution in [0.15, 0.2) is 0 Å². The molecule has 2 aliphatic heterocycles. The molecule has 0 radical (unpaired) electrons. The number of nitrogens with zero attached hydrogens (tertiary/aromatic N) is 2. The monoisotopic (exact) mass is 410 g/mol. The van der Waals surface area contributed by atoms with Gasteiger partial charge in [0.2, 0.25) is 15.9 Å². The standard InChI is InChI=1S/C22H38N2O3S/c25-22(23-13-11-18-6-1-3-8-20(18)16-23)10-5-15-28(26,27)24-14-12-19-7-2-4-9-21(19)17-24/h18-21H,1-17H2. The molecule has 0 aromatic rings. The van der Waals surface area contributed by atoms with Gasteiger partial charge in [0.1, 0.15) is 0 Å². The molecule has 4 aliphatic rings. The molecule has 28 heavy (non-hydrogen) atoms. The largest absolute Gasteiger partial charge is 0.342 e. The van der Waals surface area contributed by atoms with Crippen molar-refractivity contribution in [2.75, 3.05) is 31.9 Å². The summed E-state index contributed by atoms with van der Waals surface area (Å²) in [5.74, 6) is 3.12. The van der Waals surface area contributed by atoms with E-state index in [1.165, 1.54) is 51.4 Å². The summed E-state index contributed by atoms with van der Waals surface area (Å²) >= 11 is 0. The number of fused-ring (bicyclic) bond motifs is 2. The molecule has 6 heteroatoms. The second-order valence-electron chi connectivity index (χ2n) is 9.80. The van der Waals surface area contributed by atoms with Gasteiger partial charge in [-0.3, -0.25) is 4.79 Å². The van der Waals surface area contributed by atoms with Crippen molar-refractivity contribution in [2.24, 2.45) is 23.7 Å². The van der Waals surface area contributed by atoms with E-state index >= 15 is 0 Å². The maximum Gasteiger partial charge on any atom is 0.222 e. The number of likely N-dealkylation sites (tertiary alicyclic amines) is 1. The maximum atomic E-state index is 12.8. The first-order valence-electron chi connectivity index (χ1n) is 11.8. The highest BCUT2D eigenvalue weighted by atomic mass is 32.2. The van der Waals surface area contributed by atoms with Gasteiger partial charge in [0.05, 0.1) is 5.75 Å². The zero-order valence-corrected chi connectivity index (χ0v) is 18.2. The van der Waals surface area contributed by atoms with Crippen molar-refractivity contribution < 1.29 is 13.2 Å². The van der Waals surface area contributed by atoms with Crippen LogP contribution in [0.1, 0.15) is 77.0 Å². The Hall–Kier alpha value is -0.620. The van der Waals surface area contributed by atoms with Crippen molar-refractivity contribution in [3.05, 3.63) is 0 Å². The van der Waals surface area contributed by atoms with Gasteiger partial charge < -0.3 is 4.90 Å². The van der Waals surface area contributed by atoms with Crippen molar-refractivity contribution in [1.29, 1.82) is 0 Å². The van der Waals surface area contributed by atoms with Gasteiger partial charge in [0, 0.05) is 32.6 Å². The van der Waals surface area contributed by atoms with Crippen LogP contribution in [0.4, 0.5) is 0 Å². The van der Waals surface area contributed by atoms with Crippen LogP contribution in [0.3, 0.4) is 0 Å². The molecule has 4 atom stereocenters. The Bertz CT molecular complexity index is 650. The van der Waals surface area contributed by atoms with E-state index in [1.54, 1.807) is 4.31 Å². The minimum atomic E-state index is -3.22. The Labute approximate surface area is 171 Å². The molecule has 4 unspecified atom stereocenters. The van der Waals surface area contributed by atoms with Crippen LogP contribution < -0.4 is 0 Å². The average Bonchev–Trinajstić information content (AvgIpc) is 2.72. The fourth-order valence-electron chi connectivity index (χ4n) is 6.34. The molecule has 4 fully saturated rings. The van der Waals surface area contributed by atoms with Gasteiger partial charge in [0.25, 0.3) is 0 Å². The lowest BCUT2D eigenvalue weighted by Crippen LogP contribution is -2.46. The molecule has 160 valence electrons. The molecule has 0 aromatic heterocycles. The lowest BCUT2D eigenvalue weighted by atomic mass is 9.75. The van der Waals surface area contributed by atoms with E-state index in [0.717, 1.165) is 44.3 Å². The van der Waals surface area contributed by atoms with Crippen molar-refractivity contribution >= 4 is 15.9 Å². The summed E-state index contributed by atoms with van der Waals surface area (Å²) in [5, 5.41) is 0.